The van der Waals surface area contributed by atoms with Crippen LogP contribution in [0.5, 0.6) is 0 Å². The molecule has 116 valence electrons. The van der Waals surface area contributed by atoms with Gasteiger partial charge in [-0.15, -0.1) is 0 Å². The highest BCUT2D eigenvalue weighted by Crippen LogP contribution is 2.13. The first-order chi connectivity index (χ1) is 9.92. The van der Waals surface area contributed by atoms with Crippen LogP contribution in [0.2, 0.25) is 0 Å². The SMILES string of the molecule is COCCN(CC(=O)O)CC(=O)Nc1ccc(C)c(F)c1. The van der Waals surface area contributed by atoms with E-state index in [9.17, 15) is 14.0 Å². The lowest BCUT2D eigenvalue weighted by Crippen LogP contribution is -2.38. The normalized spacial score (nSPS) is 10.7. The molecule has 1 amide bonds. The van der Waals surface area contributed by atoms with Gasteiger partial charge in [0.25, 0.3) is 0 Å². The molecule has 1 aromatic rings. The van der Waals surface area contributed by atoms with E-state index in [0.717, 1.165) is 0 Å². The number of aliphatic carboxylic acids is 1. The van der Waals surface area contributed by atoms with Crippen LogP contribution in [0.25, 0.3) is 0 Å². The van der Waals surface area contributed by atoms with Gasteiger partial charge in [0.1, 0.15) is 5.82 Å². The quantitative estimate of drug-likeness (QED) is 0.751. The molecule has 0 aromatic heterocycles. The van der Waals surface area contributed by atoms with Crippen molar-refractivity contribution in [2.24, 2.45) is 0 Å². The molecule has 21 heavy (non-hydrogen) atoms. The van der Waals surface area contributed by atoms with Crippen LogP contribution in [0, 0.1) is 12.7 Å². The van der Waals surface area contributed by atoms with Crippen LogP contribution >= 0.6 is 0 Å². The second-order valence-electron chi connectivity index (χ2n) is 4.61. The number of rotatable bonds is 8. The van der Waals surface area contributed by atoms with Gasteiger partial charge >= 0.3 is 5.97 Å². The van der Waals surface area contributed by atoms with E-state index >= 15 is 0 Å². The van der Waals surface area contributed by atoms with Crippen molar-refractivity contribution in [2.45, 2.75) is 6.92 Å². The Labute approximate surface area is 122 Å². The highest BCUT2D eigenvalue weighted by Gasteiger charge is 2.14. The number of ether oxygens (including phenoxy) is 1. The molecule has 0 saturated carbocycles. The van der Waals surface area contributed by atoms with E-state index in [-0.39, 0.29) is 13.1 Å². The molecule has 0 aliphatic carbocycles. The molecule has 0 saturated heterocycles. The lowest BCUT2D eigenvalue weighted by Gasteiger charge is -2.19. The van der Waals surface area contributed by atoms with Gasteiger partial charge in [-0.05, 0) is 24.6 Å². The molecule has 0 unspecified atom stereocenters. The molecule has 1 rings (SSSR count). The minimum Gasteiger partial charge on any atom is -0.480 e. The number of nitrogens with one attached hydrogen (secondary N) is 1. The summed E-state index contributed by atoms with van der Waals surface area (Å²) in [6.07, 6.45) is 0. The number of carboxylic acid groups (broad SMARTS) is 1. The van der Waals surface area contributed by atoms with E-state index in [2.05, 4.69) is 5.32 Å². The zero-order valence-corrected chi connectivity index (χ0v) is 12.1. The number of carboxylic acids is 1. The van der Waals surface area contributed by atoms with Crippen LogP contribution < -0.4 is 5.32 Å². The fraction of sp³-hybridized carbons (Fsp3) is 0.429. The number of hydrogen-bond acceptors (Lipinski definition) is 4. The van der Waals surface area contributed by atoms with E-state index < -0.39 is 17.7 Å². The number of carbonyl (C=O) groups excluding carboxylic acids is 1. The number of aryl methyl sites for hydroxylation is 1. The predicted molar refractivity (Wildman–Crippen MR) is 75.7 cm³/mol. The summed E-state index contributed by atoms with van der Waals surface area (Å²) in [6.45, 7) is 1.89. The highest BCUT2D eigenvalue weighted by molar-refractivity contribution is 5.92. The summed E-state index contributed by atoms with van der Waals surface area (Å²) in [7, 11) is 1.49. The molecule has 0 heterocycles. The fourth-order valence-electron chi connectivity index (χ4n) is 1.70. The molecular formula is C14H19FN2O4. The standard InChI is InChI=1S/C14H19FN2O4/c1-10-3-4-11(7-12(10)15)16-13(18)8-17(5-6-21-2)9-14(19)20/h3-4,7H,5-6,8-9H2,1-2H3,(H,16,18)(H,19,20). The molecule has 1 aromatic carbocycles. The molecule has 0 bridgehead atoms. The Balaban J connectivity index is 2.59. The van der Waals surface area contributed by atoms with E-state index in [4.69, 9.17) is 9.84 Å². The van der Waals surface area contributed by atoms with Gasteiger partial charge in [-0.2, -0.15) is 0 Å². The summed E-state index contributed by atoms with van der Waals surface area (Å²) < 4.78 is 18.2. The van der Waals surface area contributed by atoms with Crippen LogP contribution in [-0.4, -0.2) is 55.2 Å². The Morgan fingerprint density at radius 1 is 1.38 bits per heavy atom. The first kappa shape index (κ1) is 17.1. The zero-order chi connectivity index (χ0) is 15.8. The first-order valence-electron chi connectivity index (χ1n) is 6.41. The summed E-state index contributed by atoms with van der Waals surface area (Å²) in [5, 5.41) is 11.3. The minimum atomic E-state index is -1.03. The smallest absolute Gasteiger partial charge is 0.317 e. The molecule has 0 atom stereocenters. The molecule has 7 heteroatoms. The van der Waals surface area contributed by atoms with E-state index in [1.54, 1.807) is 19.1 Å². The lowest BCUT2D eigenvalue weighted by atomic mass is 10.2. The van der Waals surface area contributed by atoms with Crippen LogP contribution in [0.15, 0.2) is 18.2 Å². The number of halogens is 1. The number of hydrogen-bond donors (Lipinski definition) is 2. The molecule has 0 fully saturated rings. The van der Waals surface area contributed by atoms with Crippen molar-refractivity contribution in [3.05, 3.63) is 29.6 Å². The average Bonchev–Trinajstić information content (AvgIpc) is 2.39. The summed E-state index contributed by atoms with van der Waals surface area (Å²) in [5.74, 6) is -1.84. The topological polar surface area (TPSA) is 78.9 Å². The summed E-state index contributed by atoms with van der Waals surface area (Å²) in [5.41, 5.74) is 0.825. The maximum absolute atomic E-state index is 13.4. The Morgan fingerprint density at radius 3 is 2.67 bits per heavy atom. The monoisotopic (exact) mass is 298 g/mol. The van der Waals surface area contributed by atoms with Crippen LogP contribution in [0.1, 0.15) is 5.56 Å². The number of nitrogens with zero attached hydrogens (tertiary/aromatic N) is 1. The van der Waals surface area contributed by atoms with Crippen molar-refractivity contribution < 1.29 is 23.8 Å². The molecular weight excluding hydrogens is 279 g/mol. The molecule has 0 aliphatic rings. The fourth-order valence-corrected chi connectivity index (χ4v) is 1.70. The average molecular weight is 298 g/mol. The second kappa shape index (κ2) is 8.33. The third kappa shape index (κ3) is 6.33. The zero-order valence-electron chi connectivity index (χ0n) is 12.1. The summed E-state index contributed by atoms with van der Waals surface area (Å²) >= 11 is 0. The van der Waals surface area contributed by atoms with Crippen LogP contribution in [0.3, 0.4) is 0 Å². The Kier molecular flexibility index (Phi) is 6.77. The van der Waals surface area contributed by atoms with Crippen LogP contribution in [0.4, 0.5) is 10.1 Å². The van der Waals surface area contributed by atoms with Gasteiger partial charge in [0.2, 0.25) is 5.91 Å². The van der Waals surface area contributed by atoms with Gasteiger partial charge in [0.05, 0.1) is 19.7 Å². The van der Waals surface area contributed by atoms with Gasteiger partial charge in [0.15, 0.2) is 0 Å². The van der Waals surface area contributed by atoms with Gasteiger partial charge in [-0.1, -0.05) is 6.07 Å². The summed E-state index contributed by atoms with van der Waals surface area (Å²) in [4.78, 5) is 24.0. The van der Waals surface area contributed by atoms with Crippen molar-refractivity contribution >= 4 is 17.6 Å². The third-order valence-corrected chi connectivity index (χ3v) is 2.79. The maximum Gasteiger partial charge on any atom is 0.317 e. The van der Waals surface area contributed by atoms with E-state index in [1.165, 1.54) is 18.1 Å². The Bertz CT molecular complexity index is 508. The first-order valence-corrected chi connectivity index (χ1v) is 6.41. The Morgan fingerprint density at radius 2 is 2.10 bits per heavy atom. The van der Waals surface area contributed by atoms with Crippen LogP contribution in [-0.2, 0) is 14.3 Å². The third-order valence-electron chi connectivity index (χ3n) is 2.79. The predicted octanol–water partition coefficient (Wildman–Crippen LogP) is 1.11. The largest absolute Gasteiger partial charge is 0.480 e. The van der Waals surface area contributed by atoms with Crippen molar-refractivity contribution in [1.29, 1.82) is 0 Å². The maximum atomic E-state index is 13.4. The van der Waals surface area contributed by atoms with Crippen molar-refractivity contribution in [3.63, 3.8) is 0 Å². The van der Waals surface area contributed by atoms with Crippen molar-refractivity contribution in [3.8, 4) is 0 Å². The van der Waals surface area contributed by atoms with E-state index in [1.807, 2.05) is 0 Å². The van der Waals surface area contributed by atoms with Crippen molar-refractivity contribution in [1.82, 2.24) is 4.90 Å². The number of anilines is 1. The van der Waals surface area contributed by atoms with Gasteiger partial charge < -0.3 is 15.2 Å². The van der Waals surface area contributed by atoms with Crippen molar-refractivity contribution in [2.75, 3.05) is 38.7 Å². The number of benzene rings is 1. The van der Waals surface area contributed by atoms with Gasteiger partial charge in [-0.3, -0.25) is 14.5 Å². The molecule has 0 aliphatic heterocycles. The highest BCUT2D eigenvalue weighted by atomic mass is 19.1. The molecule has 0 radical (unpaired) electrons. The molecule has 2 N–H and O–H groups in total. The molecule has 0 spiro atoms. The minimum absolute atomic E-state index is 0.106. The van der Waals surface area contributed by atoms with Gasteiger partial charge in [0, 0.05) is 19.3 Å². The van der Waals surface area contributed by atoms with E-state index in [0.29, 0.717) is 24.4 Å². The summed E-state index contributed by atoms with van der Waals surface area (Å²) in [6, 6.07) is 4.38. The number of amides is 1. The Hall–Kier alpha value is -1.99. The lowest BCUT2D eigenvalue weighted by molar-refractivity contribution is -0.138. The number of methoxy groups -OCH3 is 1. The van der Waals surface area contributed by atoms with Gasteiger partial charge in [-0.25, -0.2) is 4.39 Å². The second-order valence-corrected chi connectivity index (χ2v) is 4.61. The number of carbonyl (C=O) groups is 2. The molecule has 6 nitrogen and oxygen atoms in total.